The van der Waals surface area contributed by atoms with E-state index in [9.17, 15) is 0 Å². The van der Waals surface area contributed by atoms with E-state index in [-0.39, 0.29) is 6.61 Å². The van der Waals surface area contributed by atoms with Gasteiger partial charge in [-0.2, -0.15) is 0 Å². The van der Waals surface area contributed by atoms with Crippen LogP contribution in [0.5, 0.6) is 0 Å². The molecule has 0 bridgehead atoms. The van der Waals surface area contributed by atoms with Gasteiger partial charge in [-0.15, -0.1) is 0 Å². The molecule has 1 saturated carbocycles. The Labute approximate surface area is 89.1 Å². The number of benzene rings is 1. The van der Waals surface area contributed by atoms with Crippen molar-refractivity contribution in [1.29, 1.82) is 0 Å². The normalized spacial score (nSPS) is 16.1. The topological polar surface area (TPSA) is 25.2 Å². The fourth-order valence-electron chi connectivity index (χ4n) is 2.07. The molecule has 3 rings (SSSR count). The van der Waals surface area contributed by atoms with Gasteiger partial charge in [-0.1, -0.05) is 12.1 Å². The number of nitrogens with zero attached hydrogens (tertiary/aromatic N) is 1. The number of aliphatic hydroxyl groups excluding tert-OH is 1. The highest BCUT2D eigenvalue weighted by Gasteiger charge is 2.21. The second-order valence-electron chi connectivity index (χ2n) is 4.46. The lowest BCUT2D eigenvalue weighted by atomic mass is 10.2. The van der Waals surface area contributed by atoms with Crippen LogP contribution in [0.4, 0.5) is 0 Å². The van der Waals surface area contributed by atoms with Gasteiger partial charge in [0.05, 0.1) is 6.61 Å². The number of hydrogen-bond acceptors (Lipinski definition) is 1. The van der Waals surface area contributed by atoms with Crippen LogP contribution in [0.25, 0.3) is 10.9 Å². The second kappa shape index (κ2) is 3.38. The van der Waals surface area contributed by atoms with Crippen molar-refractivity contribution in [3.8, 4) is 0 Å². The van der Waals surface area contributed by atoms with Crippen LogP contribution in [-0.4, -0.2) is 9.67 Å². The van der Waals surface area contributed by atoms with Gasteiger partial charge in [-0.3, -0.25) is 0 Å². The van der Waals surface area contributed by atoms with Gasteiger partial charge in [-0.05, 0) is 41.8 Å². The molecule has 0 spiro atoms. The summed E-state index contributed by atoms with van der Waals surface area (Å²) >= 11 is 0. The fraction of sp³-hybridized carbons (Fsp3) is 0.385. The summed E-state index contributed by atoms with van der Waals surface area (Å²) in [4.78, 5) is 0. The molecule has 1 fully saturated rings. The van der Waals surface area contributed by atoms with Gasteiger partial charge < -0.3 is 9.67 Å². The minimum atomic E-state index is 0.130. The van der Waals surface area contributed by atoms with Crippen LogP contribution in [0.2, 0.25) is 0 Å². The molecule has 0 atom stereocenters. The second-order valence-corrected chi connectivity index (χ2v) is 4.46. The Morgan fingerprint density at radius 2 is 2.13 bits per heavy atom. The van der Waals surface area contributed by atoms with E-state index in [0.29, 0.717) is 0 Å². The predicted octanol–water partition coefficient (Wildman–Crippen LogP) is 2.54. The molecule has 1 aromatic heterocycles. The maximum Gasteiger partial charge on any atom is 0.0682 e. The van der Waals surface area contributed by atoms with E-state index >= 15 is 0 Å². The smallest absolute Gasteiger partial charge is 0.0682 e. The first-order chi connectivity index (χ1) is 7.36. The van der Waals surface area contributed by atoms with Crippen LogP contribution in [0.1, 0.15) is 18.4 Å². The zero-order valence-corrected chi connectivity index (χ0v) is 8.69. The molecule has 0 radical (unpaired) electrons. The maximum absolute atomic E-state index is 9.11. The number of fused-ring (bicyclic) bond motifs is 1. The summed E-state index contributed by atoms with van der Waals surface area (Å²) in [7, 11) is 0. The molecular formula is C13H15NO. The SMILES string of the molecule is OCc1ccc2ccn(CC3CC3)c2c1. The van der Waals surface area contributed by atoms with Crippen molar-refractivity contribution in [2.75, 3.05) is 0 Å². The van der Waals surface area contributed by atoms with Crippen LogP contribution in [0, 0.1) is 5.92 Å². The number of aliphatic hydroxyl groups is 1. The Bertz CT molecular complexity index is 482. The Kier molecular flexibility index (Phi) is 2.03. The number of hydrogen-bond donors (Lipinski definition) is 1. The average Bonchev–Trinajstić information content (AvgIpc) is 3.00. The zero-order valence-electron chi connectivity index (χ0n) is 8.69. The molecule has 1 N–H and O–H groups in total. The van der Waals surface area contributed by atoms with Crippen LogP contribution in [0.15, 0.2) is 30.5 Å². The monoisotopic (exact) mass is 201 g/mol. The molecule has 2 nitrogen and oxygen atoms in total. The lowest BCUT2D eigenvalue weighted by molar-refractivity contribution is 0.282. The van der Waals surface area contributed by atoms with E-state index in [0.717, 1.165) is 18.0 Å². The highest BCUT2D eigenvalue weighted by molar-refractivity contribution is 5.80. The Balaban J connectivity index is 2.04. The summed E-state index contributed by atoms with van der Waals surface area (Å²) in [6.07, 6.45) is 4.91. The van der Waals surface area contributed by atoms with Gasteiger partial charge in [-0.25, -0.2) is 0 Å². The van der Waals surface area contributed by atoms with Crippen molar-refractivity contribution in [2.45, 2.75) is 26.0 Å². The summed E-state index contributed by atoms with van der Waals surface area (Å²) in [5, 5.41) is 10.4. The van der Waals surface area contributed by atoms with Crippen molar-refractivity contribution in [3.05, 3.63) is 36.0 Å². The summed E-state index contributed by atoms with van der Waals surface area (Å²) in [5.74, 6) is 0.887. The van der Waals surface area contributed by atoms with Crippen molar-refractivity contribution < 1.29 is 5.11 Å². The van der Waals surface area contributed by atoms with Crippen molar-refractivity contribution >= 4 is 10.9 Å². The maximum atomic E-state index is 9.11. The largest absolute Gasteiger partial charge is 0.392 e. The first-order valence-electron chi connectivity index (χ1n) is 5.55. The molecule has 1 aliphatic carbocycles. The molecule has 1 aliphatic rings. The van der Waals surface area contributed by atoms with Crippen molar-refractivity contribution in [3.63, 3.8) is 0 Å². The summed E-state index contributed by atoms with van der Waals surface area (Å²) < 4.78 is 2.31. The minimum absolute atomic E-state index is 0.130. The summed E-state index contributed by atoms with van der Waals surface area (Å²) in [5.41, 5.74) is 2.26. The van der Waals surface area contributed by atoms with Gasteiger partial charge >= 0.3 is 0 Å². The molecule has 78 valence electrons. The van der Waals surface area contributed by atoms with Crippen LogP contribution < -0.4 is 0 Å². The Hall–Kier alpha value is -1.28. The minimum Gasteiger partial charge on any atom is -0.392 e. The molecule has 0 amide bonds. The molecule has 0 saturated heterocycles. The molecule has 2 aromatic rings. The Morgan fingerprint density at radius 1 is 1.27 bits per heavy atom. The van der Waals surface area contributed by atoms with E-state index in [4.69, 9.17) is 5.11 Å². The quantitative estimate of drug-likeness (QED) is 0.811. The third-order valence-corrected chi connectivity index (χ3v) is 3.17. The van der Waals surface area contributed by atoms with Crippen LogP contribution in [-0.2, 0) is 13.2 Å². The lowest BCUT2D eigenvalue weighted by Crippen LogP contribution is -1.97. The van der Waals surface area contributed by atoms with E-state index in [2.05, 4.69) is 29.0 Å². The average molecular weight is 201 g/mol. The molecule has 2 heteroatoms. The van der Waals surface area contributed by atoms with Crippen LogP contribution in [0.3, 0.4) is 0 Å². The molecule has 1 heterocycles. The summed E-state index contributed by atoms with van der Waals surface area (Å²) in [6, 6.07) is 8.32. The van der Waals surface area contributed by atoms with Gasteiger partial charge in [0.25, 0.3) is 0 Å². The third-order valence-electron chi connectivity index (χ3n) is 3.17. The summed E-state index contributed by atoms with van der Waals surface area (Å²) in [6.45, 7) is 1.27. The zero-order chi connectivity index (χ0) is 10.3. The van der Waals surface area contributed by atoms with E-state index < -0.39 is 0 Å². The molecule has 0 aliphatic heterocycles. The van der Waals surface area contributed by atoms with Gasteiger partial charge in [0.2, 0.25) is 0 Å². The van der Waals surface area contributed by atoms with Crippen molar-refractivity contribution in [2.24, 2.45) is 5.92 Å². The van der Waals surface area contributed by atoms with E-state index in [1.165, 1.54) is 23.7 Å². The molecular weight excluding hydrogens is 186 g/mol. The van der Waals surface area contributed by atoms with Gasteiger partial charge in [0, 0.05) is 18.3 Å². The first kappa shape index (κ1) is 8.98. The van der Waals surface area contributed by atoms with Crippen LogP contribution >= 0.6 is 0 Å². The highest BCUT2D eigenvalue weighted by atomic mass is 16.3. The Morgan fingerprint density at radius 3 is 2.87 bits per heavy atom. The van der Waals surface area contributed by atoms with E-state index in [1.807, 2.05) is 6.07 Å². The number of rotatable bonds is 3. The standard InChI is InChI=1S/C13H15NO/c15-9-11-3-4-12-5-6-14(13(12)7-11)8-10-1-2-10/h3-7,10,15H,1-2,8-9H2. The molecule has 0 unspecified atom stereocenters. The highest BCUT2D eigenvalue weighted by Crippen LogP contribution is 2.32. The fourth-order valence-corrected chi connectivity index (χ4v) is 2.07. The first-order valence-corrected chi connectivity index (χ1v) is 5.55. The number of aromatic nitrogens is 1. The lowest BCUT2D eigenvalue weighted by Gasteiger charge is -2.04. The molecule has 1 aromatic carbocycles. The van der Waals surface area contributed by atoms with E-state index in [1.54, 1.807) is 0 Å². The predicted molar refractivity (Wildman–Crippen MR) is 60.6 cm³/mol. The third kappa shape index (κ3) is 1.65. The van der Waals surface area contributed by atoms with Gasteiger partial charge in [0.15, 0.2) is 0 Å². The molecule has 15 heavy (non-hydrogen) atoms. The van der Waals surface area contributed by atoms with Crippen molar-refractivity contribution in [1.82, 2.24) is 4.57 Å². The van der Waals surface area contributed by atoms with Gasteiger partial charge in [0.1, 0.15) is 0 Å².